The maximum Gasteiger partial charge on any atom is 0.135 e. The van der Waals surface area contributed by atoms with Crippen molar-refractivity contribution in [1.29, 1.82) is 0 Å². The molecule has 98 valence electrons. The Labute approximate surface area is 111 Å². The van der Waals surface area contributed by atoms with Crippen LogP contribution in [0.15, 0.2) is 36.9 Å². The molecule has 0 unspecified atom stereocenters. The number of nitrogens with one attached hydrogen (secondary N) is 2. The molecule has 0 atom stereocenters. The summed E-state index contributed by atoms with van der Waals surface area (Å²) < 4.78 is 0. The van der Waals surface area contributed by atoms with Gasteiger partial charge in [-0.3, -0.25) is 4.98 Å². The van der Waals surface area contributed by atoms with Crippen molar-refractivity contribution >= 4 is 17.3 Å². The van der Waals surface area contributed by atoms with Crippen LogP contribution in [0.3, 0.4) is 0 Å². The fourth-order valence-electron chi connectivity index (χ4n) is 2.07. The smallest absolute Gasteiger partial charge is 0.135 e. The van der Waals surface area contributed by atoms with Gasteiger partial charge in [0.1, 0.15) is 18.0 Å². The zero-order valence-electron chi connectivity index (χ0n) is 10.6. The van der Waals surface area contributed by atoms with Crippen LogP contribution in [0.4, 0.5) is 17.3 Å². The molecule has 2 aromatic rings. The third-order valence-electron chi connectivity index (χ3n) is 3.05. The number of nitrogens with zero attached hydrogens (tertiary/aromatic N) is 4. The van der Waals surface area contributed by atoms with Crippen LogP contribution in [0.5, 0.6) is 0 Å². The third kappa shape index (κ3) is 2.97. The first-order valence-electron chi connectivity index (χ1n) is 6.36. The van der Waals surface area contributed by atoms with E-state index in [-0.39, 0.29) is 0 Å². The Morgan fingerprint density at radius 2 is 1.89 bits per heavy atom. The molecule has 1 fully saturated rings. The molecule has 3 heterocycles. The van der Waals surface area contributed by atoms with Gasteiger partial charge in [-0.1, -0.05) is 0 Å². The highest BCUT2D eigenvalue weighted by atomic mass is 15.2. The van der Waals surface area contributed by atoms with Gasteiger partial charge in [0.25, 0.3) is 0 Å². The normalized spacial score (nSPS) is 15.3. The second kappa shape index (κ2) is 5.62. The predicted octanol–water partition coefficient (Wildman–Crippen LogP) is 1.02. The molecule has 0 amide bonds. The zero-order chi connectivity index (χ0) is 12.9. The predicted molar refractivity (Wildman–Crippen MR) is 74.6 cm³/mol. The minimum Gasteiger partial charge on any atom is -0.354 e. The lowest BCUT2D eigenvalue weighted by Gasteiger charge is -2.28. The summed E-state index contributed by atoms with van der Waals surface area (Å²) in [7, 11) is 0. The summed E-state index contributed by atoms with van der Waals surface area (Å²) in [5, 5.41) is 6.58. The molecule has 1 aliphatic heterocycles. The SMILES string of the molecule is c1cc(Nc2cc(N3CCNCC3)ncn2)ccn1. The topological polar surface area (TPSA) is 66.0 Å². The second-order valence-corrected chi connectivity index (χ2v) is 4.36. The van der Waals surface area contributed by atoms with E-state index >= 15 is 0 Å². The van der Waals surface area contributed by atoms with Crippen molar-refractivity contribution in [1.82, 2.24) is 20.3 Å². The molecule has 0 radical (unpaired) electrons. The molecule has 1 saturated heterocycles. The standard InChI is InChI=1S/C13H16N6/c1-3-14-4-2-11(1)18-12-9-13(17-10-16-12)19-7-5-15-6-8-19/h1-4,9-10,15H,5-8H2,(H,14,16,17,18). The molecule has 0 spiro atoms. The van der Waals surface area contributed by atoms with E-state index in [0.717, 1.165) is 43.5 Å². The summed E-state index contributed by atoms with van der Waals surface area (Å²) in [6.07, 6.45) is 5.10. The minimum atomic E-state index is 0.801. The Kier molecular flexibility index (Phi) is 3.51. The van der Waals surface area contributed by atoms with E-state index in [4.69, 9.17) is 0 Å². The molecule has 0 aromatic carbocycles. The Bertz CT molecular complexity index is 524. The minimum absolute atomic E-state index is 0.801. The van der Waals surface area contributed by atoms with Gasteiger partial charge in [-0.05, 0) is 12.1 Å². The van der Waals surface area contributed by atoms with E-state index in [2.05, 4.69) is 30.5 Å². The fraction of sp³-hybridized carbons (Fsp3) is 0.308. The van der Waals surface area contributed by atoms with E-state index < -0.39 is 0 Å². The van der Waals surface area contributed by atoms with Gasteiger partial charge in [0.2, 0.25) is 0 Å². The van der Waals surface area contributed by atoms with Crippen molar-refractivity contribution < 1.29 is 0 Å². The molecule has 2 N–H and O–H groups in total. The van der Waals surface area contributed by atoms with Crippen molar-refractivity contribution in [2.75, 3.05) is 36.4 Å². The maximum atomic E-state index is 4.34. The number of anilines is 3. The quantitative estimate of drug-likeness (QED) is 0.855. The van der Waals surface area contributed by atoms with Crippen molar-refractivity contribution in [2.24, 2.45) is 0 Å². The van der Waals surface area contributed by atoms with Crippen LogP contribution < -0.4 is 15.5 Å². The zero-order valence-corrected chi connectivity index (χ0v) is 10.6. The molecule has 3 rings (SSSR count). The van der Waals surface area contributed by atoms with E-state index in [1.165, 1.54) is 0 Å². The number of piperazine rings is 1. The first-order valence-corrected chi connectivity index (χ1v) is 6.36. The Hall–Kier alpha value is -2.21. The van der Waals surface area contributed by atoms with Crippen molar-refractivity contribution in [3.05, 3.63) is 36.9 Å². The second-order valence-electron chi connectivity index (χ2n) is 4.36. The average molecular weight is 256 g/mol. The summed E-state index contributed by atoms with van der Waals surface area (Å²) >= 11 is 0. The molecular weight excluding hydrogens is 240 g/mol. The number of hydrogen-bond donors (Lipinski definition) is 2. The summed E-state index contributed by atoms with van der Waals surface area (Å²) in [6.45, 7) is 3.95. The molecule has 0 bridgehead atoms. The summed E-state index contributed by atoms with van der Waals surface area (Å²) in [5.74, 6) is 1.77. The molecule has 0 aliphatic carbocycles. The fourth-order valence-corrected chi connectivity index (χ4v) is 2.07. The largest absolute Gasteiger partial charge is 0.354 e. The molecular formula is C13H16N6. The number of pyridine rings is 1. The van der Waals surface area contributed by atoms with Gasteiger partial charge in [-0.2, -0.15) is 0 Å². The van der Waals surface area contributed by atoms with Gasteiger partial charge < -0.3 is 15.5 Å². The lowest BCUT2D eigenvalue weighted by Crippen LogP contribution is -2.43. The number of hydrogen-bond acceptors (Lipinski definition) is 6. The lowest BCUT2D eigenvalue weighted by molar-refractivity contribution is 0.584. The highest BCUT2D eigenvalue weighted by Crippen LogP contribution is 2.18. The Morgan fingerprint density at radius 3 is 2.68 bits per heavy atom. The molecule has 1 aliphatic rings. The number of rotatable bonds is 3. The van der Waals surface area contributed by atoms with Crippen LogP contribution >= 0.6 is 0 Å². The van der Waals surface area contributed by atoms with Gasteiger partial charge in [0.15, 0.2) is 0 Å². The molecule has 6 heteroatoms. The van der Waals surface area contributed by atoms with Crippen LogP contribution in [0.2, 0.25) is 0 Å². The van der Waals surface area contributed by atoms with E-state index in [1.807, 2.05) is 18.2 Å². The monoisotopic (exact) mass is 256 g/mol. The van der Waals surface area contributed by atoms with E-state index in [0.29, 0.717) is 0 Å². The van der Waals surface area contributed by atoms with Crippen molar-refractivity contribution in [3.63, 3.8) is 0 Å². The van der Waals surface area contributed by atoms with E-state index in [1.54, 1.807) is 18.7 Å². The number of aromatic nitrogens is 3. The Balaban J connectivity index is 1.76. The summed E-state index contributed by atoms with van der Waals surface area (Å²) in [5.41, 5.74) is 0.972. The van der Waals surface area contributed by atoms with Crippen LogP contribution in [0.1, 0.15) is 0 Å². The van der Waals surface area contributed by atoms with Gasteiger partial charge in [-0.15, -0.1) is 0 Å². The van der Waals surface area contributed by atoms with Gasteiger partial charge in [-0.25, -0.2) is 9.97 Å². The van der Waals surface area contributed by atoms with Crippen molar-refractivity contribution in [2.45, 2.75) is 0 Å². The third-order valence-corrected chi connectivity index (χ3v) is 3.05. The van der Waals surface area contributed by atoms with Crippen LogP contribution in [0, 0.1) is 0 Å². The van der Waals surface area contributed by atoms with Gasteiger partial charge in [0, 0.05) is 50.3 Å². The molecule has 6 nitrogen and oxygen atoms in total. The molecule has 0 saturated carbocycles. The van der Waals surface area contributed by atoms with Crippen molar-refractivity contribution in [3.8, 4) is 0 Å². The molecule has 2 aromatic heterocycles. The average Bonchev–Trinajstić information content (AvgIpc) is 2.49. The van der Waals surface area contributed by atoms with Crippen LogP contribution in [-0.2, 0) is 0 Å². The summed E-state index contributed by atoms with van der Waals surface area (Å²) in [6, 6.07) is 5.80. The maximum absolute atomic E-state index is 4.34. The van der Waals surface area contributed by atoms with Gasteiger partial charge >= 0.3 is 0 Å². The first kappa shape index (κ1) is 11.9. The van der Waals surface area contributed by atoms with Gasteiger partial charge in [0.05, 0.1) is 0 Å². The van der Waals surface area contributed by atoms with E-state index in [9.17, 15) is 0 Å². The highest BCUT2D eigenvalue weighted by molar-refractivity contribution is 5.58. The van der Waals surface area contributed by atoms with Crippen LogP contribution in [-0.4, -0.2) is 41.1 Å². The summed E-state index contributed by atoms with van der Waals surface area (Å²) in [4.78, 5) is 14.8. The molecule has 19 heavy (non-hydrogen) atoms. The Morgan fingerprint density at radius 1 is 1.11 bits per heavy atom. The first-order chi connectivity index (χ1) is 9.42. The lowest BCUT2D eigenvalue weighted by atomic mass is 10.3. The van der Waals surface area contributed by atoms with Crippen LogP contribution in [0.25, 0.3) is 0 Å². The highest BCUT2D eigenvalue weighted by Gasteiger charge is 2.12.